The molecule has 0 aliphatic carbocycles. The third-order valence-corrected chi connectivity index (χ3v) is 4.91. The average Bonchev–Trinajstić information content (AvgIpc) is 3.05. The summed E-state index contributed by atoms with van der Waals surface area (Å²) in [4.78, 5) is 19.0. The van der Waals surface area contributed by atoms with Crippen LogP contribution in [0.2, 0.25) is 0 Å². The van der Waals surface area contributed by atoms with Gasteiger partial charge in [-0.2, -0.15) is 13.2 Å². The Kier molecular flexibility index (Phi) is 4.53. The zero-order valence-electron chi connectivity index (χ0n) is 16.0. The van der Waals surface area contributed by atoms with Crippen LogP contribution in [0.25, 0.3) is 33.5 Å². The van der Waals surface area contributed by atoms with Gasteiger partial charge in [0.2, 0.25) is 0 Å². The number of hydrogen-bond donors (Lipinski definition) is 2. The van der Waals surface area contributed by atoms with E-state index in [1.807, 2.05) is 35.9 Å². The van der Waals surface area contributed by atoms with Gasteiger partial charge in [0, 0.05) is 35.9 Å². The number of nitrogens with zero attached hydrogens (tertiary/aromatic N) is 4. The number of nitro benzene ring substituents is 1. The van der Waals surface area contributed by atoms with Crippen molar-refractivity contribution < 1.29 is 18.1 Å². The molecule has 0 saturated heterocycles. The summed E-state index contributed by atoms with van der Waals surface area (Å²) in [5, 5.41) is 12.4. The standard InChI is InChI=1S/C20H15F3N6O2/c1-28-9-11(10-4-2-3-5-15(10)28)14-6-7-26-19(27-14)16-17(25)12(20(21,22)23)8-13(24)18(16)29(30)31/h2-9H,24-25H2,1H3. The minimum atomic E-state index is -4.87. The van der Waals surface area contributed by atoms with Crippen LogP contribution in [0, 0.1) is 10.1 Å². The summed E-state index contributed by atoms with van der Waals surface area (Å²) in [5.41, 5.74) is 9.11. The van der Waals surface area contributed by atoms with E-state index in [-0.39, 0.29) is 5.82 Å². The molecule has 4 rings (SSSR count). The van der Waals surface area contributed by atoms with E-state index in [0.29, 0.717) is 17.3 Å². The van der Waals surface area contributed by atoms with Crippen LogP contribution < -0.4 is 11.5 Å². The lowest BCUT2D eigenvalue weighted by molar-refractivity contribution is -0.383. The Hall–Kier alpha value is -4.15. The van der Waals surface area contributed by atoms with Crippen molar-refractivity contribution in [2.75, 3.05) is 11.5 Å². The Bertz CT molecular complexity index is 1350. The van der Waals surface area contributed by atoms with Crippen LogP contribution >= 0.6 is 0 Å². The van der Waals surface area contributed by atoms with Crippen LogP contribution in [0.3, 0.4) is 0 Å². The van der Waals surface area contributed by atoms with Crippen molar-refractivity contribution in [3.63, 3.8) is 0 Å². The quantitative estimate of drug-likeness (QED) is 0.283. The van der Waals surface area contributed by atoms with E-state index in [9.17, 15) is 23.3 Å². The van der Waals surface area contributed by atoms with E-state index in [1.165, 1.54) is 6.20 Å². The van der Waals surface area contributed by atoms with Gasteiger partial charge in [-0.1, -0.05) is 18.2 Å². The summed E-state index contributed by atoms with van der Waals surface area (Å²) in [6.07, 6.45) is -1.76. The zero-order chi connectivity index (χ0) is 22.5. The van der Waals surface area contributed by atoms with Crippen molar-refractivity contribution in [1.82, 2.24) is 14.5 Å². The maximum Gasteiger partial charge on any atom is 0.418 e. The largest absolute Gasteiger partial charge is 0.418 e. The van der Waals surface area contributed by atoms with Gasteiger partial charge in [0.25, 0.3) is 0 Å². The third kappa shape index (κ3) is 3.29. The van der Waals surface area contributed by atoms with Crippen LogP contribution in [0.5, 0.6) is 0 Å². The first-order valence-corrected chi connectivity index (χ1v) is 8.91. The molecule has 8 nitrogen and oxygen atoms in total. The molecule has 11 heteroatoms. The topological polar surface area (TPSA) is 126 Å². The first-order valence-electron chi connectivity index (χ1n) is 8.91. The van der Waals surface area contributed by atoms with E-state index in [1.54, 1.807) is 12.3 Å². The Morgan fingerprint density at radius 2 is 1.87 bits per heavy atom. The summed E-state index contributed by atoms with van der Waals surface area (Å²) in [5.74, 6) is -0.326. The monoisotopic (exact) mass is 428 g/mol. The highest BCUT2D eigenvalue weighted by Crippen LogP contribution is 2.45. The van der Waals surface area contributed by atoms with E-state index < -0.39 is 39.3 Å². The Morgan fingerprint density at radius 1 is 1.16 bits per heavy atom. The maximum absolute atomic E-state index is 13.4. The zero-order valence-corrected chi connectivity index (χ0v) is 16.0. The average molecular weight is 428 g/mol. The van der Waals surface area contributed by atoms with E-state index in [4.69, 9.17) is 11.5 Å². The lowest BCUT2D eigenvalue weighted by Crippen LogP contribution is -2.13. The van der Waals surface area contributed by atoms with Gasteiger partial charge in [0.15, 0.2) is 5.82 Å². The molecule has 0 unspecified atom stereocenters. The fraction of sp³-hybridized carbons (Fsp3) is 0.100. The van der Waals surface area contributed by atoms with Gasteiger partial charge in [0.1, 0.15) is 11.3 Å². The summed E-state index contributed by atoms with van der Waals surface area (Å²) in [7, 11) is 1.84. The summed E-state index contributed by atoms with van der Waals surface area (Å²) in [6, 6.07) is 9.48. The molecule has 4 aromatic rings. The smallest absolute Gasteiger partial charge is 0.397 e. The number of nitrogen functional groups attached to an aromatic ring is 2. The highest BCUT2D eigenvalue weighted by molar-refractivity contribution is 5.96. The first kappa shape index (κ1) is 20.1. The summed E-state index contributed by atoms with van der Waals surface area (Å²) < 4.78 is 42.2. The van der Waals surface area contributed by atoms with Crippen molar-refractivity contribution in [2.45, 2.75) is 6.18 Å². The second-order valence-electron chi connectivity index (χ2n) is 6.84. The number of benzene rings is 2. The van der Waals surface area contributed by atoms with Gasteiger partial charge in [-0.05, 0) is 18.2 Å². The molecule has 2 heterocycles. The lowest BCUT2D eigenvalue weighted by atomic mass is 10.0. The van der Waals surface area contributed by atoms with Crippen LogP contribution in [0.15, 0.2) is 48.8 Å². The number of aryl methyl sites for hydroxylation is 1. The molecule has 0 spiro atoms. The van der Waals surface area contributed by atoms with Gasteiger partial charge in [-0.3, -0.25) is 10.1 Å². The van der Waals surface area contributed by atoms with Crippen molar-refractivity contribution in [3.8, 4) is 22.6 Å². The predicted octanol–water partition coefficient (Wildman–Crippen LogP) is 4.39. The van der Waals surface area contributed by atoms with E-state index in [0.717, 1.165) is 10.9 Å². The van der Waals surface area contributed by atoms with Gasteiger partial charge < -0.3 is 16.0 Å². The van der Waals surface area contributed by atoms with Gasteiger partial charge >= 0.3 is 11.9 Å². The van der Waals surface area contributed by atoms with Crippen LogP contribution in [-0.2, 0) is 13.2 Å². The van der Waals surface area contributed by atoms with Crippen LogP contribution in [0.1, 0.15) is 5.56 Å². The normalized spacial score (nSPS) is 11.7. The minimum absolute atomic E-state index is 0.326. The molecule has 31 heavy (non-hydrogen) atoms. The molecule has 0 aliphatic heterocycles. The Balaban J connectivity index is 2.00. The molecular formula is C20H15F3N6O2. The van der Waals surface area contributed by atoms with Gasteiger partial charge in [-0.25, -0.2) is 9.97 Å². The molecule has 0 aliphatic rings. The number of anilines is 2. The first-order chi connectivity index (χ1) is 14.6. The van der Waals surface area contributed by atoms with E-state index >= 15 is 0 Å². The number of para-hydroxylation sites is 1. The molecule has 2 aromatic carbocycles. The number of aromatic nitrogens is 3. The third-order valence-electron chi connectivity index (χ3n) is 4.91. The Morgan fingerprint density at radius 3 is 2.55 bits per heavy atom. The van der Waals surface area contributed by atoms with Crippen molar-refractivity contribution in [3.05, 3.63) is 64.5 Å². The number of nitrogens with two attached hydrogens (primary N) is 2. The van der Waals surface area contributed by atoms with Crippen LogP contribution in [-0.4, -0.2) is 19.5 Å². The maximum atomic E-state index is 13.4. The lowest BCUT2D eigenvalue weighted by Gasteiger charge is -2.15. The van der Waals surface area contributed by atoms with Crippen LogP contribution in [0.4, 0.5) is 30.2 Å². The number of alkyl halides is 3. The van der Waals surface area contributed by atoms with Crippen molar-refractivity contribution in [1.29, 1.82) is 0 Å². The van der Waals surface area contributed by atoms with Crippen molar-refractivity contribution in [2.24, 2.45) is 7.05 Å². The molecule has 0 fully saturated rings. The number of hydrogen-bond acceptors (Lipinski definition) is 6. The van der Waals surface area contributed by atoms with Crippen molar-refractivity contribution >= 4 is 28.0 Å². The molecule has 0 saturated carbocycles. The second kappa shape index (κ2) is 6.97. The summed E-state index contributed by atoms with van der Waals surface area (Å²) in [6.45, 7) is 0. The fourth-order valence-electron chi connectivity index (χ4n) is 3.54. The number of halogens is 3. The highest BCUT2D eigenvalue weighted by Gasteiger charge is 2.38. The van der Waals surface area contributed by atoms with Gasteiger partial charge in [-0.15, -0.1) is 0 Å². The number of fused-ring (bicyclic) bond motifs is 1. The molecule has 4 N–H and O–H groups in total. The fourth-order valence-corrected chi connectivity index (χ4v) is 3.54. The highest BCUT2D eigenvalue weighted by atomic mass is 19.4. The molecule has 0 atom stereocenters. The molecule has 0 amide bonds. The number of rotatable bonds is 3. The molecular weight excluding hydrogens is 413 g/mol. The SMILES string of the molecule is Cn1cc(-c2ccnc(-c3c(N)c(C(F)(F)F)cc(N)c3[N+](=O)[O-])n2)c2ccccc21. The minimum Gasteiger partial charge on any atom is -0.397 e. The number of nitro groups is 1. The van der Waals surface area contributed by atoms with E-state index in [2.05, 4.69) is 9.97 Å². The molecule has 0 radical (unpaired) electrons. The second-order valence-corrected chi connectivity index (χ2v) is 6.84. The summed E-state index contributed by atoms with van der Waals surface area (Å²) >= 11 is 0. The Labute approximate surface area is 173 Å². The van der Waals surface area contributed by atoms with Gasteiger partial charge in [0.05, 0.1) is 21.9 Å². The predicted molar refractivity (Wildman–Crippen MR) is 110 cm³/mol. The molecule has 2 aromatic heterocycles. The molecule has 0 bridgehead atoms. The molecule has 158 valence electrons.